The summed E-state index contributed by atoms with van der Waals surface area (Å²) in [7, 11) is 2.13. The van der Waals surface area contributed by atoms with Crippen molar-refractivity contribution in [2.75, 3.05) is 13.6 Å². The van der Waals surface area contributed by atoms with E-state index < -0.39 is 0 Å². The average molecular weight is 279 g/mol. The van der Waals surface area contributed by atoms with Crippen LogP contribution in [0.1, 0.15) is 54.0 Å². The van der Waals surface area contributed by atoms with Gasteiger partial charge < -0.3 is 9.32 Å². The van der Waals surface area contributed by atoms with Crippen LogP contribution in [-0.4, -0.2) is 24.4 Å². The third-order valence-corrected chi connectivity index (χ3v) is 4.11. The van der Waals surface area contributed by atoms with Crippen molar-refractivity contribution >= 4 is 5.91 Å². The number of hydrogen-bond acceptors (Lipinski definition) is 4. The van der Waals surface area contributed by atoms with Crippen molar-refractivity contribution in [1.29, 1.82) is 0 Å². The summed E-state index contributed by atoms with van der Waals surface area (Å²) in [5.74, 6) is 6.63. The lowest BCUT2D eigenvalue weighted by Crippen LogP contribution is -2.29. The molecule has 0 radical (unpaired) electrons. The van der Waals surface area contributed by atoms with E-state index in [2.05, 4.69) is 17.4 Å². The SMILES string of the molecule is Cc1oc(C(=O)NN)cc1CN(C)CC1CCCCC1. The molecule has 1 amide bonds. The molecule has 1 fully saturated rings. The van der Waals surface area contributed by atoms with Crippen molar-refractivity contribution in [1.82, 2.24) is 10.3 Å². The summed E-state index contributed by atoms with van der Waals surface area (Å²) in [5, 5.41) is 0. The minimum absolute atomic E-state index is 0.283. The van der Waals surface area contributed by atoms with Crippen molar-refractivity contribution in [2.24, 2.45) is 11.8 Å². The van der Waals surface area contributed by atoms with Gasteiger partial charge in [-0.05, 0) is 38.8 Å². The van der Waals surface area contributed by atoms with Gasteiger partial charge in [0.1, 0.15) is 5.76 Å². The van der Waals surface area contributed by atoms with E-state index in [9.17, 15) is 4.79 Å². The molecule has 112 valence electrons. The molecule has 0 spiro atoms. The van der Waals surface area contributed by atoms with Crippen LogP contribution >= 0.6 is 0 Å². The summed E-state index contributed by atoms with van der Waals surface area (Å²) >= 11 is 0. The van der Waals surface area contributed by atoms with E-state index in [-0.39, 0.29) is 11.7 Å². The molecule has 0 atom stereocenters. The number of nitrogens with one attached hydrogen (secondary N) is 1. The maximum Gasteiger partial charge on any atom is 0.300 e. The van der Waals surface area contributed by atoms with Crippen LogP contribution in [0.15, 0.2) is 10.5 Å². The second-order valence-electron chi connectivity index (χ2n) is 5.87. The van der Waals surface area contributed by atoms with Gasteiger partial charge in [-0.15, -0.1) is 0 Å². The van der Waals surface area contributed by atoms with E-state index in [4.69, 9.17) is 10.3 Å². The number of carbonyl (C=O) groups is 1. The number of aryl methyl sites for hydroxylation is 1. The maximum atomic E-state index is 11.4. The molecule has 0 bridgehead atoms. The zero-order valence-electron chi connectivity index (χ0n) is 12.4. The normalized spacial score (nSPS) is 16.6. The van der Waals surface area contributed by atoms with Crippen LogP contribution in [0.4, 0.5) is 0 Å². The highest BCUT2D eigenvalue weighted by Crippen LogP contribution is 2.25. The number of hydrazine groups is 1. The van der Waals surface area contributed by atoms with Gasteiger partial charge in [-0.25, -0.2) is 5.84 Å². The summed E-state index contributed by atoms with van der Waals surface area (Å²) in [6.07, 6.45) is 6.80. The number of carbonyl (C=O) groups excluding carboxylic acids is 1. The molecule has 1 aliphatic carbocycles. The van der Waals surface area contributed by atoms with Crippen LogP contribution in [-0.2, 0) is 6.54 Å². The molecular formula is C15H25N3O2. The van der Waals surface area contributed by atoms with Crippen molar-refractivity contribution in [2.45, 2.75) is 45.6 Å². The Morgan fingerprint density at radius 1 is 1.45 bits per heavy atom. The number of nitrogens with zero attached hydrogens (tertiary/aromatic N) is 1. The van der Waals surface area contributed by atoms with Gasteiger partial charge in [0.2, 0.25) is 0 Å². The Labute approximate surface area is 120 Å². The van der Waals surface area contributed by atoms with Gasteiger partial charge in [-0.3, -0.25) is 10.2 Å². The molecule has 0 aliphatic heterocycles. The zero-order chi connectivity index (χ0) is 14.5. The second kappa shape index (κ2) is 6.90. The molecule has 0 aromatic carbocycles. The Morgan fingerprint density at radius 2 is 2.15 bits per heavy atom. The van der Waals surface area contributed by atoms with E-state index in [0.29, 0.717) is 0 Å². The van der Waals surface area contributed by atoms with Crippen LogP contribution < -0.4 is 11.3 Å². The lowest BCUT2D eigenvalue weighted by molar-refractivity contribution is 0.0924. The molecule has 1 aromatic heterocycles. The van der Waals surface area contributed by atoms with Gasteiger partial charge in [-0.2, -0.15) is 0 Å². The Balaban J connectivity index is 1.91. The van der Waals surface area contributed by atoms with E-state index >= 15 is 0 Å². The van der Waals surface area contributed by atoms with Crippen molar-refractivity contribution in [3.8, 4) is 0 Å². The van der Waals surface area contributed by atoms with E-state index in [1.807, 2.05) is 6.92 Å². The molecule has 2 rings (SSSR count). The van der Waals surface area contributed by atoms with Gasteiger partial charge in [0.25, 0.3) is 0 Å². The first-order valence-corrected chi connectivity index (χ1v) is 7.39. The molecule has 1 aromatic rings. The van der Waals surface area contributed by atoms with Gasteiger partial charge in [0.15, 0.2) is 5.76 Å². The highest BCUT2D eigenvalue weighted by molar-refractivity contribution is 5.91. The van der Waals surface area contributed by atoms with Crippen LogP contribution in [0.25, 0.3) is 0 Å². The fourth-order valence-corrected chi connectivity index (χ4v) is 3.03. The van der Waals surface area contributed by atoms with Gasteiger partial charge >= 0.3 is 5.91 Å². The average Bonchev–Trinajstić information content (AvgIpc) is 2.80. The van der Waals surface area contributed by atoms with Crippen LogP contribution in [0.5, 0.6) is 0 Å². The van der Waals surface area contributed by atoms with E-state index in [1.54, 1.807) is 6.07 Å². The molecule has 5 heteroatoms. The summed E-state index contributed by atoms with van der Waals surface area (Å²) < 4.78 is 5.44. The molecule has 5 nitrogen and oxygen atoms in total. The Bertz CT molecular complexity index is 450. The lowest BCUT2D eigenvalue weighted by atomic mass is 9.89. The topological polar surface area (TPSA) is 71.5 Å². The lowest BCUT2D eigenvalue weighted by Gasteiger charge is -2.26. The minimum atomic E-state index is -0.380. The second-order valence-corrected chi connectivity index (χ2v) is 5.87. The minimum Gasteiger partial charge on any atom is -0.456 e. The van der Waals surface area contributed by atoms with Crippen molar-refractivity contribution in [3.05, 3.63) is 23.2 Å². The number of amides is 1. The maximum absolute atomic E-state index is 11.4. The Hall–Kier alpha value is -1.33. The summed E-state index contributed by atoms with van der Waals surface area (Å²) in [5.41, 5.74) is 3.15. The first-order chi connectivity index (χ1) is 9.60. The number of rotatable bonds is 5. The first-order valence-electron chi connectivity index (χ1n) is 7.39. The summed E-state index contributed by atoms with van der Waals surface area (Å²) in [4.78, 5) is 13.8. The van der Waals surface area contributed by atoms with Crippen molar-refractivity contribution < 1.29 is 9.21 Å². The van der Waals surface area contributed by atoms with E-state index in [0.717, 1.165) is 30.3 Å². The molecule has 20 heavy (non-hydrogen) atoms. The molecule has 1 saturated carbocycles. The molecule has 0 unspecified atom stereocenters. The van der Waals surface area contributed by atoms with Gasteiger partial charge in [0, 0.05) is 18.7 Å². The predicted molar refractivity (Wildman–Crippen MR) is 78.0 cm³/mol. The standard InChI is InChI=1S/C15H25N3O2/c1-11-13(8-14(20-11)15(19)17-16)10-18(2)9-12-6-4-3-5-7-12/h8,12H,3-7,9-10,16H2,1-2H3,(H,17,19). The smallest absolute Gasteiger partial charge is 0.300 e. The summed E-state index contributed by atoms with van der Waals surface area (Å²) in [6.45, 7) is 3.81. The monoisotopic (exact) mass is 279 g/mol. The predicted octanol–water partition coefficient (Wildman–Crippen LogP) is 2.20. The molecule has 1 heterocycles. The van der Waals surface area contributed by atoms with Crippen LogP contribution in [0.3, 0.4) is 0 Å². The van der Waals surface area contributed by atoms with Crippen LogP contribution in [0, 0.1) is 12.8 Å². The fraction of sp³-hybridized carbons (Fsp3) is 0.667. The highest BCUT2D eigenvalue weighted by atomic mass is 16.4. The number of nitrogen functional groups attached to an aromatic ring is 1. The molecular weight excluding hydrogens is 254 g/mol. The van der Waals surface area contributed by atoms with Gasteiger partial charge in [0.05, 0.1) is 0 Å². The first kappa shape index (κ1) is 15.1. The Kier molecular flexibility index (Phi) is 5.20. The molecule has 1 aliphatic rings. The quantitative estimate of drug-likeness (QED) is 0.492. The van der Waals surface area contributed by atoms with Gasteiger partial charge in [-0.1, -0.05) is 19.3 Å². The molecule has 0 saturated heterocycles. The largest absolute Gasteiger partial charge is 0.456 e. The van der Waals surface area contributed by atoms with E-state index in [1.165, 1.54) is 32.1 Å². The zero-order valence-corrected chi connectivity index (χ0v) is 12.4. The Morgan fingerprint density at radius 3 is 2.80 bits per heavy atom. The fourth-order valence-electron chi connectivity index (χ4n) is 3.03. The number of hydrogen-bond donors (Lipinski definition) is 2. The number of furan rings is 1. The number of nitrogens with two attached hydrogens (primary N) is 1. The third kappa shape index (κ3) is 3.84. The third-order valence-electron chi connectivity index (χ3n) is 4.11. The van der Waals surface area contributed by atoms with Crippen LogP contribution in [0.2, 0.25) is 0 Å². The van der Waals surface area contributed by atoms with Crippen molar-refractivity contribution in [3.63, 3.8) is 0 Å². The summed E-state index contributed by atoms with van der Waals surface area (Å²) in [6, 6.07) is 1.79. The highest BCUT2D eigenvalue weighted by Gasteiger charge is 2.18. The molecule has 3 N–H and O–H groups in total.